The zero-order valence-electron chi connectivity index (χ0n) is 12.3. The molecule has 0 fully saturated rings. The number of hydrogen-bond acceptors (Lipinski definition) is 3. The van der Waals surface area contributed by atoms with Gasteiger partial charge in [-0.05, 0) is 18.1 Å². The van der Waals surface area contributed by atoms with Crippen LogP contribution in [0.1, 0.15) is 29.4 Å². The number of aryl methyl sites for hydroxylation is 1. The Morgan fingerprint density at radius 2 is 1.90 bits per heavy atom. The summed E-state index contributed by atoms with van der Waals surface area (Å²) in [6, 6.07) is 12.7. The highest BCUT2D eigenvalue weighted by molar-refractivity contribution is 5.92. The summed E-state index contributed by atoms with van der Waals surface area (Å²) in [5, 5.41) is 4.03. The van der Waals surface area contributed by atoms with E-state index in [1.807, 2.05) is 37.3 Å². The first-order chi connectivity index (χ1) is 10.1. The van der Waals surface area contributed by atoms with E-state index in [4.69, 9.17) is 0 Å². The Hall–Kier alpha value is -2.43. The van der Waals surface area contributed by atoms with Gasteiger partial charge in [-0.1, -0.05) is 37.3 Å². The topological polar surface area (TPSA) is 55.2 Å². The van der Waals surface area contributed by atoms with Crippen LogP contribution in [0.2, 0.25) is 0 Å². The predicted molar refractivity (Wildman–Crippen MR) is 81.0 cm³/mol. The first kappa shape index (κ1) is 15.0. The van der Waals surface area contributed by atoms with Crippen LogP contribution >= 0.6 is 0 Å². The van der Waals surface area contributed by atoms with Gasteiger partial charge in [0.1, 0.15) is 5.69 Å². The molecule has 0 saturated carbocycles. The lowest BCUT2D eigenvalue weighted by atomic mass is 10.2. The van der Waals surface area contributed by atoms with Crippen LogP contribution in [0.25, 0.3) is 0 Å². The first-order valence-electron chi connectivity index (χ1n) is 6.99. The van der Waals surface area contributed by atoms with Gasteiger partial charge in [0.25, 0.3) is 11.5 Å². The molecule has 1 aromatic carbocycles. The molecule has 110 valence electrons. The van der Waals surface area contributed by atoms with Crippen molar-refractivity contribution < 1.29 is 4.79 Å². The molecule has 5 nitrogen and oxygen atoms in total. The van der Waals surface area contributed by atoms with E-state index in [1.54, 1.807) is 11.9 Å². The second-order valence-corrected chi connectivity index (χ2v) is 4.89. The van der Waals surface area contributed by atoms with Crippen LogP contribution < -0.4 is 5.56 Å². The molecule has 5 heteroatoms. The van der Waals surface area contributed by atoms with Crippen LogP contribution in [-0.2, 0) is 13.6 Å². The van der Waals surface area contributed by atoms with Crippen molar-refractivity contribution in [2.45, 2.75) is 19.9 Å². The van der Waals surface area contributed by atoms with E-state index in [9.17, 15) is 9.59 Å². The zero-order chi connectivity index (χ0) is 15.2. The van der Waals surface area contributed by atoms with Gasteiger partial charge in [-0.25, -0.2) is 4.68 Å². The fourth-order valence-corrected chi connectivity index (χ4v) is 2.10. The van der Waals surface area contributed by atoms with Gasteiger partial charge in [0.15, 0.2) is 0 Å². The summed E-state index contributed by atoms with van der Waals surface area (Å²) in [6.07, 6.45) is 0.865. The minimum atomic E-state index is -0.225. The fourth-order valence-electron chi connectivity index (χ4n) is 2.10. The normalized spacial score (nSPS) is 10.4. The third-order valence-electron chi connectivity index (χ3n) is 3.18. The minimum absolute atomic E-state index is 0.156. The highest BCUT2D eigenvalue weighted by Gasteiger charge is 2.17. The predicted octanol–water partition coefficient (Wildman–Crippen LogP) is 1.83. The molecule has 0 bridgehead atoms. The van der Waals surface area contributed by atoms with Gasteiger partial charge >= 0.3 is 0 Å². The molecule has 1 amide bonds. The monoisotopic (exact) mass is 285 g/mol. The van der Waals surface area contributed by atoms with Crippen LogP contribution in [0.3, 0.4) is 0 Å². The lowest BCUT2D eigenvalue weighted by Crippen LogP contribution is -2.33. The molecule has 0 spiro atoms. The van der Waals surface area contributed by atoms with Crippen molar-refractivity contribution in [2.75, 3.05) is 6.54 Å². The lowest BCUT2D eigenvalue weighted by Gasteiger charge is -2.22. The third-order valence-corrected chi connectivity index (χ3v) is 3.18. The van der Waals surface area contributed by atoms with Crippen molar-refractivity contribution in [1.82, 2.24) is 14.7 Å². The van der Waals surface area contributed by atoms with E-state index in [2.05, 4.69) is 5.10 Å². The van der Waals surface area contributed by atoms with Crippen molar-refractivity contribution in [3.05, 3.63) is 64.1 Å². The van der Waals surface area contributed by atoms with Crippen molar-refractivity contribution in [3.8, 4) is 0 Å². The number of rotatable bonds is 5. The standard InChI is InChI=1S/C16H19N3O2/c1-3-11-19(12-13-7-5-4-6-8-13)16(21)14-9-10-15(20)18(2)17-14/h4-10H,3,11-12H2,1-2H3. The van der Waals surface area contributed by atoms with Gasteiger partial charge in [-0.15, -0.1) is 0 Å². The van der Waals surface area contributed by atoms with Gasteiger partial charge in [0.05, 0.1) is 0 Å². The van der Waals surface area contributed by atoms with Gasteiger partial charge in [0, 0.05) is 26.2 Å². The van der Waals surface area contributed by atoms with Crippen LogP contribution in [0.15, 0.2) is 47.3 Å². The molecule has 0 aliphatic carbocycles. The van der Waals surface area contributed by atoms with E-state index in [-0.39, 0.29) is 11.5 Å². The summed E-state index contributed by atoms with van der Waals surface area (Å²) >= 11 is 0. The van der Waals surface area contributed by atoms with E-state index < -0.39 is 0 Å². The third kappa shape index (κ3) is 3.78. The fraction of sp³-hybridized carbons (Fsp3) is 0.312. The number of carbonyl (C=O) groups is 1. The molecule has 0 aliphatic heterocycles. The summed E-state index contributed by atoms with van der Waals surface area (Å²) in [5.74, 6) is -0.156. The zero-order valence-corrected chi connectivity index (χ0v) is 12.3. The average Bonchev–Trinajstić information content (AvgIpc) is 2.50. The Morgan fingerprint density at radius 1 is 1.19 bits per heavy atom. The Morgan fingerprint density at radius 3 is 2.52 bits per heavy atom. The number of carbonyl (C=O) groups excluding carboxylic acids is 1. The lowest BCUT2D eigenvalue weighted by molar-refractivity contribution is 0.0734. The Labute approximate surface area is 123 Å². The van der Waals surface area contributed by atoms with Crippen molar-refractivity contribution in [3.63, 3.8) is 0 Å². The second-order valence-electron chi connectivity index (χ2n) is 4.89. The van der Waals surface area contributed by atoms with Gasteiger partial charge in [-0.2, -0.15) is 5.10 Å². The van der Waals surface area contributed by atoms with Crippen molar-refractivity contribution in [2.24, 2.45) is 7.05 Å². The van der Waals surface area contributed by atoms with Gasteiger partial charge in [0.2, 0.25) is 0 Å². The van der Waals surface area contributed by atoms with E-state index >= 15 is 0 Å². The van der Waals surface area contributed by atoms with E-state index in [0.29, 0.717) is 18.8 Å². The molecular weight excluding hydrogens is 266 g/mol. The Balaban J connectivity index is 2.22. The highest BCUT2D eigenvalue weighted by Crippen LogP contribution is 2.08. The molecule has 0 aliphatic rings. The summed E-state index contributed by atoms with van der Waals surface area (Å²) < 4.78 is 1.18. The van der Waals surface area contributed by atoms with Crippen LogP contribution in [0, 0.1) is 0 Å². The number of hydrogen-bond donors (Lipinski definition) is 0. The number of aromatic nitrogens is 2. The minimum Gasteiger partial charge on any atom is -0.333 e. The molecular formula is C16H19N3O2. The maximum absolute atomic E-state index is 12.6. The molecule has 21 heavy (non-hydrogen) atoms. The van der Waals surface area contributed by atoms with Crippen LogP contribution in [-0.4, -0.2) is 27.1 Å². The summed E-state index contributed by atoms with van der Waals surface area (Å²) in [7, 11) is 1.54. The summed E-state index contributed by atoms with van der Waals surface area (Å²) in [6.45, 7) is 3.22. The van der Waals surface area contributed by atoms with Crippen LogP contribution in [0.4, 0.5) is 0 Å². The SMILES string of the molecule is CCCN(Cc1ccccc1)C(=O)c1ccc(=O)n(C)n1. The largest absolute Gasteiger partial charge is 0.333 e. The molecule has 0 N–H and O–H groups in total. The quantitative estimate of drug-likeness (QED) is 0.842. The molecule has 0 saturated heterocycles. The average molecular weight is 285 g/mol. The smallest absolute Gasteiger partial charge is 0.274 e. The first-order valence-corrected chi connectivity index (χ1v) is 6.99. The van der Waals surface area contributed by atoms with Crippen LogP contribution in [0.5, 0.6) is 0 Å². The van der Waals surface area contributed by atoms with Crippen molar-refractivity contribution in [1.29, 1.82) is 0 Å². The second kappa shape index (κ2) is 6.83. The number of nitrogens with zero attached hydrogens (tertiary/aromatic N) is 3. The maximum Gasteiger partial charge on any atom is 0.274 e. The molecule has 2 rings (SSSR count). The molecule has 1 aromatic heterocycles. The Kier molecular flexibility index (Phi) is 4.87. The molecule has 1 heterocycles. The van der Waals surface area contributed by atoms with Crippen molar-refractivity contribution >= 4 is 5.91 Å². The molecule has 0 unspecified atom stereocenters. The van der Waals surface area contributed by atoms with E-state index in [1.165, 1.54) is 16.8 Å². The molecule has 0 atom stereocenters. The Bertz CT molecular complexity index is 665. The number of amides is 1. The summed E-state index contributed by atoms with van der Waals surface area (Å²) in [5.41, 5.74) is 1.14. The summed E-state index contributed by atoms with van der Waals surface area (Å²) in [4.78, 5) is 25.7. The highest BCUT2D eigenvalue weighted by atomic mass is 16.2. The van der Waals surface area contributed by atoms with Gasteiger partial charge in [-0.3, -0.25) is 9.59 Å². The maximum atomic E-state index is 12.6. The molecule has 2 aromatic rings. The molecule has 0 radical (unpaired) electrons. The number of benzene rings is 1. The van der Waals surface area contributed by atoms with E-state index in [0.717, 1.165) is 12.0 Å². The van der Waals surface area contributed by atoms with Gasteiger partial charge < -0.3 is 4.90 Å².